The summed E-state index contributed by atoms with van der Waals surface area (Å²) in [5.74, 6) is -0.392. The van der Waals surface area contributed by atoms with E-state index in [1.807, 2.05) is 46.3 Å². The molecular formula is C24H21FN4O2S. The van der Waals surface area contributed by atoms with Gasteiger partial charge in [-0.1, -0.05) is 30.3 Å². The molecule has 1 N–H and O–H groups in total. The summed E-state index contributed by atoms with van der Waals surface area (Å²) in [4.78, 5) is 33.2. The number of amides is 2. The molecule has 6 nitrogen and oxygen atoms in total. The van der Waals surface area contributed by atoms with Gasteiger partial charge in [0.15, 0.2) is 4.96 Å². The summed E-state index contributed by atoms with van der Waals surface area (Å²) in [5, 5.41) is 5.00. The van der Waals surface area contributed by atoms with Crippen LogP contribution in [0.15, 0.2) is 66.2 Å². The number of aromatic nitrogens is 2. The lowest BCUT2D eigenvalue weighted by Crippen LogP contribution is -2.43. The molecule has 3 heterocycles. The number of likely N-dealkylation sites (tertiary alicyclic amines) is 1. The van der Waals surface area contributed by atoms with Crippen molar-refractivity contribution in [1.82, 2.24) is 14.3 Å². The van der Waals surface area contributed by atoms with E-state index >= 15 is 0 Å². The van der Waals surface area contributed by atoms with Crippen molar-refractivity contribution in [3.63, 3.8) is 0 Å². The first-order valence-corrected chi connectivity index (χ1v) is 11.3. The van der Waals surface area contributed by atoms with E-state index < -0.39 is 0 Å². The highest BCUT2D eigenvalue weighted by atomic mass is 32.1. The predicted molar refractivity (Wildman–Crippen MR) is 122 cm³/mol. The van der Waals surface area contributed by atoms with Crippen LogP contribution in [0.25, 0.3) is 16.2 Å². The van der Waals surface area contributed by atoms with E-state index in [4.69, 9.17) is 4.98 Å². The van der Waals surface area contributed by atoms with Gasteiger partial charge in [0.1, 0.15) is 17.3 Å². The molecule has 162 valence electrons. The highest BCUT2D eigenvalue weighted by Gasteiger charge is 2.30. The molecule has 1 saturated heterocycles. The molecule has 1 fully saturated rings. The number of anilines is 1. The van der Waals surface area contributed by atoms with Gasteiger partial charge in [0.2, 0.25) is 5.91 Å². The zero-order valence-corrected chi connectivity index (χ0v) is 18.0. The summed E-state index contributed by atoms with van der Waals surface area (Å²) in [6, 6.07) is 15.3. The summed E-state index contributed by atoms with van der Waals surface area (Å²) in [6.45, 7) is 0.908. The molecule has 4 aromatic rings. The normalized spacial score (nSPS) is 16.3. The molecule has 1 unspecified atom stereocenters. The van der Waals surface area contributed by atoms with Crippen LogP contribution in [-0.2, 0) is 4.79 Å². The molecule has 0 bridgehead atoms. The number of piperidine rings is 1. The Hall–Kier alpha value is -3.52. The van der Waals surface area contributed by atoms with Crippen LogP contribution in [0.2, 0.25) is 0 Å². The Balaban J connectivity index is 1.36. The third kappa shape index (κ3) is 3.89. The van der Waals surface area contributed by atoms with Gasteiger partial charge in [0, 0.05) is 35.8 Å². The molecule has 5 rings (SSSR count). The van der Waals surface area contributed by atoms with Gasteiger partial charge >= 0.3 is 0 Å². The highest BCUT2D eigenvalue weighted by molar-refractivity contribution is 7.15. The number of hydrogen-bond donors (Lipinski definition) is 1. The van der Waals surface area contributed by atoms with Crippen LogP contribution in [0, 0.1) is 11.7 Å². The molecule has 0 spiro atoms. The van der Waals surface area contributed by atoms with Gasteiger partial charge < -0.3 is 10.2 Å². The molecule has 0 aliphatic carbocycles. The molecular weight excluding hydrogens is 427 g/mol. The van der Waals surface area contributed by atoms with Crippen LogP contribution in [0.3, 0.4) is 0 Å². The maximum atomic E-state index is 13.2. The zero-order chi connectivity index (χ0) is 22.1. The van der Waals surface area contributed by atoms with Crippen LogP contribution in [0.1, 0.15) is 23.2 Å². The second-order valence-electron chi connectivity index (χ2n) is 7.82. The first-order chi connectivity index (χ1) is 15.6. The van der Waals surface area contributed by atoms with Crippen molar-refractivity contribution < 1.29 is 14.0 Å². The largest absolute Gasteiger partial charge is 0.338 e. The lowest BCUT2D eigenvalue weighted by Gasteiger charge is -2.32. The number of halogens is 1. The molecule has 32 heavy (non-hydrogen) atoms. The van der Waals surface area contributed by atoms with Crippen LogP contribution in [-0.4, -0.2) is 39.2 Å². The van der Waals surface area contributed by atoms with Crippen molar-refractivity contribution in [1.29, 1.82) is 0 Å². The Morgan fingerprint density at radius 2 is 1.88 bits per heavy atom. The van der Waals surface area contributed by atoms with Crippen molar-refractivity contribution in [2.45, 2.75) is 12.8 Å². The van der Waals surface area contributed by atoms with E-state index in [1.54, 1.807) is 4.90 Å². The maximum Gasteiger partial charge on any atom is 0.253 e. The van der Waals surface area contributed by atoms with Gasteiger partial charge in [-0.15, -0.1) is 11.3 Å². The quantitative estimate of drug-likeness (QED) is 0.492. The van der Waals surface area contributed by atoms with Gasteiger partial charge in [0.25, 0.3) is 5.91 Å². The molecule has 2 aromatic heterocycles. The Kier molecular flexibility index (Phi) is 5.45. The van der Waals surface area contributed by atoms with E-state index in [1.165, 1.54) is 35.6 Å². The summed E-state index contributed by atoms with van der Waals surface area (Å²) in [6.07, 6.45) is 3.32. The monoisotopic (exact) mass is 448 g/mol. The average molecular weight is 449 g/mol. The minimum absolute atomic E-state index is 0.133. The van der Waals surface area contributed by atoms with E-state index in [-0.39, 0.29) is 23.5 Å². The van der Waals surface area contributed by atoms with Gasteiger partial charge in [-0.2, -0.15) is 0 Å². The van der Waals surface area contributed by atoms with Crippen molar-refractivity contribution in [2.75, 3.05) is 18.4 Å². The van der Waals surface area contributed by atoms with E-state index in [9.17, 15) is 14.0 Å². The second kappa shape index (κ2) is 8.55. The van der Waals surface area contributed by atoms with E-state index in [2.05, 4.69) is 5.32 Å². The second-order valence-corrected chi connectivity index (χ2v) is 8.69. The smallest absolute Gasteiger partial charge is 0.253 e. The zero-order valence-electron chi connectivity index (χ0n) is 17.2. The summed E-state index contributed by atoms with van der Waals surface area (Å²) < 4.78 is 15.1. The fourth-order valence-electron chi connectivity index (χ4n) is 4.07. The van der Waals surface area contributed by atoms with Gasteiger partial charge in [-0.3, -0.25) is 14.0 Å². The van der Waals surface area contributed by atoms with Crippen molar-refractivity contribution in [3.8, 4) is 11.3 Å². The van der Waals surface area contributed by atoms with Gasteiger partial charge in [-0.25, -0.2) is 9.37 Å². The molecule has 1 aliphatic heterocycles. The minimum Gasteiger partial charge on any atom is -0.338 e. The Bertz CT molecular complexity index is 1270. The standard InChI is InChI=1S/C24H21FN4O2S/c25-19-10-8-17(9-11-19)23(31)28-12-4-7-18(15-28)22(30)27-21-20(16-5-2-1-3-6-16)26-24-29(21)13-14-32-24/h1-3,5-6,8-11,13-14,18H,4,7,12,15H2,(H,27,30). The maximum absolute atomic E-state index is 13.2. The third-order valence-electron chi connectivity index (χ3n) is 5.72. The number of carbonyl (C=O) groups excluding carboxylic acids is 2. The molecule has 0 saturated carbocycles. The van der Waals surface area contributed by atoms with Gasteiger partial charge in [0.05, 0.1) is 5.92 Å². The molecule has 2 aromatic carbocycles. The van der Waals surface area contributed by atoms with Crippen LogP contribution < -0.4 is 5.32 Å². The van der Waals surface area contributed by atoms with Crippen molar-refractivity contribution in [3.05, 3.63) is 77.6 Å². The summed E-state index contributed by atoms with van der Waals surface area (Å²) >= 11 is 1.50. The number of fused-ring (bicyclic) bond motifs is 1. The molecule has 0 radical (unpaired) electrons. The number of nitrogens with zero attached hydrogens (tertiary/aromatic N) is 3. The Labute approximate surface area is 188 Å². The molecule has 1 atom stereocenters. The van der Waals surface area contributed by atoms with Crippen LogP contribution >= 0.6 is 11.3 Å². The average Bonchev–Trinajstić information content (AvgIpc) is 3.42. The van der Waals surface area contributed by atoms with Crippen molar-refractivity contribution in [2.24, 2.45) is 5.92 Å². The number of nitrogens with one attached hydrogen (secondary N) is 1. The minimum atomic E-state index is -0.382. The third-order valence-corrected chi connectivity index (χ3v) is 6.48. The molecule has 1 aliphatic rings. The van der Waals surface area contributed by atoms with Crippen LogP contribution in [0.5, 0.6) is 0 Å². The SMILES string of the molecule is O=C(Nc1c(-c2ccccc2)nc2sccn12)C1CCCN(C(=O)c2ccc(F)cc2)C1. The highest BCUT2D eigenvalue weighted by Crippen LogP contribution is 2.31. The van der Waals surface area contributed by atoms with E-state index in [0.717, 1.165) is 22.6 Å². The number of hydrogen-bond acceptors (Lipinski definition) is 4. The lowest BCUT2D eigenvalue weighted by atomic mass is 9.96. The van der Waals surface area contributed by atoms with Gasteiger partial charge in [-0.05, 0) is 37.1 Å². The molecule has 2 amide bonds. The van der Waals surface area contributed by atoms with Crippen molar-refractivity contribution >= 4 is 33.9 Å². The first kappa shape index (κ1) is 20.4. The number of imidazole rings is 1. The number of carbonyl (C=O) groups is 2. The lowest BCUT2D eigenvalue weighted by molar-refractivity contribution is -0.121. The van der Waals surface area contributed by atoms with Crippen LogP contribution in [0.4, 0.5) is 10.2 Å². The fourth-order valence-corrected chi connectivity index (χ4v) is 4.79. The first-order valence-electron chi connectivity index (χ1n) is 10.5. The summed E-state index contributed by atoms with van der Waals surface area (Å²) in [7, 11) is 0. The predicted octanol–water partition coefficient (Wildman–Crippen LogP) is 4.69. The molecule has 8 heteroatoms. The number of benzene rings is 2. The Morgan fingerprint density at radius 3 is 2.66 bits per heavy atom. The summed E-state index contributed by atoms with van der Waals surface area (Å²) in [5.41, 5.74) is 2.07. The van der Waals surface area contributed by atoms with E-state index in [0.29, 0.717) is 30.9 Å². The number of rotatable bonds is 4. The fraction of sp³-hybridized carbons (Fsp3) is 0.208. The topological polar surface area (TPSA) is 66.7 Å². The number of thiazole rings is 1. The Morgan fingerprint density at radius 1 is 1.09 bits per heavy atom.